The Labute approximate surface area is 94.8 Å². The molecule has 1 atom stereocenters. The van der Waals surface area contributed by atoms with Gasteiger partial charge in [0.05, 0.1) is 6.10 Å². The Hall–Kier alpha value is -0.0200. The molecule has 0 heterocycles. The molecule has 0 bridgehead atoms. The molecule has 3 heteroatoms. The van der Waals surface area contributed by atoms with E-state index < -0.39 is 6.10 Å². The van der Waals surface area contributed by atoms with Crippen LogP contribution in [0.25, 0.3) is 0 Å². The van der Waals surface area contributed by atoms with E-state index in [1.54, 1.807) is 6.92 Å². The van der Waals surface area contributed by atoms with Crippen LogP contribution in [0.2, 0.25) is 0 Å². The maximum atomic E-state index is 8.89. The molecule has 1 radical (unpaired) electrons. The number of hydrogen-bond donors (Lipinski definition) is 1. The van der Waals surface area contributed by atoms with Gasteiger partial charge < -0.3 is 9.84 Å². The van der Waals surface area contributed by atoms with Gasteiger partial charge in [-0.25, -0.2) is 0 Å². The van der Waals surface area contributed by atoms with E-state index in [9.17, 15) is 0 Å². The van der Waals surface area contributed by atoms with Gasteiger partial charge in [-0.2, -0.15) is 0 Å². The van der Waals surface area contributed by atoms with E-state index in [0.29, 0.717) is 6.61 Å². The molecule has 2 nitrogen and oxygen atoms in total. The summed E-state index contributed by atoms with van der Waals surface area (Å²) in [5, 5.41) is 8.89. The molecule has 0 spiro atoms. The predicted octanol–water partition coefficient (Wildman–Crippen LogP) is 1.07. The van der Waals surface area contributed by atoms with Gasteiger partial charge in [-0.1, -0.05) is 18.2 Å². The van der Waals surface area contributed by atoms with Crippen LogP contribution in [0.5, 0.6) is 5.75 Å². The van der Waals surface area contributed by atoms with Gasteiger partial charge in [0.1, 0.15) is 12.4 Å². The smallest absolute Gasteiger partial charge is 0.119 e. The van der Waals surface area contributed by atoms with Crippen molar-refractivity contribution in [2.45, 2.75) is 13.0 Å². The minimum absolute atomic E-state index is 0. The maximum Gasteiger partial charge on any atom is 0.119 e. The minimum Gasteiger partial charge on any atom is -0.491 e. The van der Waals surface area contributed by atoms with Crippen molar-refractivity contribution in [2.75, 3.05) is 6.61 Å². The summed E-state index contributed by atoms with van der Waals surface area (Å²) in [4.78, 5) is 0. The predicted molar refractivity (Wildman–Crippen MR) is 49.4 cm³/mol. The molecule has 0 saturated heterocycles. The molecule has 0 aliphatic rings. The first-order chi connectivity index (χ1) is 5.29. The Balaban J connectivity index is 0.00000121. The summed E-state index contributed by atoms with van der Waals surface area (Å²) in [6, 6.07) is 9.45. The van der Waals surface area contributed by atoms with Crippen molar-refractivity contribution in [1.29, 1.82) is 0 Å². The third-order valence-electron chi connectivity index (χ3n) is 1.23. The Morgan fingerprint density at radius 1 is 1.33 bits per heavy atom. The zero-order chi connectivity index (χ0) is 8.10. The molecule has 1 unspecified atom stereocenters. The summed E-state index contributed by atoms with van der Waals surface area (Å²) in [6.07, 6.45) is -0.407. The zero-order valence-corrected chi connectivity index (χ0v) is 9.53. The summed E-state index contributed by atoms with van der Waals surface area (Å²) in [5.41, 5.74) is 0. The van der Waals surface area contributed by atoms with E-state index in [2.05, 4.69) is 0 Å². The van der Waals surface area contributed by atoms with Gasteiger partial charge in [-0.15, -0.1) is 0 Å². The van der Waals surface area contributed by atoms with Gasteiger partial charge in [-0.05, 0) is 19.1 Å². The van der Waals surface area contributed by atoms with Crippen LogP contribution in [0.1, 0.15) is 6.92 Å². The van der Waals surface area contributed by atoms with Crippen LogP contribution in [-0.4, -0.2) is 47.4 Å². The van der Waals surface area contributed by atoms with E-state index in [4.69, 9.17) is 9.84 Å². The van der Waals surface area contributed by atoms with Crippen LogP contribution >= 0.6 is 0 Å². The van der Waals surface area contributed by atoms with E-state index in [-0.39, 0.29) is 29.6 Å². The Bertz CT molecular complexity index is 199. The van der Waals surface area contributed by atoms with Crippen molar-refractivity contribution in [2.24, 2.45) is 0 Å². The van der Waals surface area contributed by atoms with Crippen molar-refractivity contribution in [3.05, 3.63) is 30.3 Å². The molecule has 1 aromatic carbocycles. The molecule has 1 rings (SSSR count). The largest absolute Gasteiger partial charge is 0.491 e. The van der Waals surface area contributed by atoms with E-state index in [1.165, 1.54) is 0 Å². The number of para-hydroxylation sites is 1. The SMILES string of the molecule is CC(O)COc1ccccc1.[Na]. The Morgan fingerprint density at radius 2 is 1.92 bits per heavy atom. The summed E-state index contributed by atoms with van der Waals surface area (Å²) in [7, 11) is 0. The molecule has 0 saturated carbocycles. The molecule has 12 heavy (non-hydrogen) atoms. The number of benzene rings is 1. The standard InChI is InChI=1S/C9H12O2.Na/c1-8(10)7-11-9-5-3-2-4-6-9;/h2-6,8,10H,7H2,1H3;. The van der Waals surface area contributed by atoms with Crippen LogP contribution in [-0.2, 0) is 0 Å². The number of ether oxygens (including phenoxy) is 1. The van der Waals surface area contributed by atoms with Crippen LogP contribution in [0.3, 0.4) is 0 Å². The third kappa shape index (κ3) is 4.78. The Morgan fingerprint density at radius 3 is 2.42 bits per heavy atom. The van der Waals surface area contributed by atoms with Crippen LogP contribution in [0.15, 0.2) is 30.3 Å². The average molecular weight is 175 g/mol. The second kappa shape index (κ2) is 6.49. The van der Waals surface area contributed by atoms with Gasteiger partial charge in [0.25, 0.3) is 0 Å². The number of rotatable bonds is 3. The number of aliphatic hydroxyl groups is 1. The fourth-order valence-electron chi connectivity index (χ4n) is 0.734. The summed E-state index contributed by atoms with van der Waals surface area (Å²) in [5.74, 6) is 0.799. The normalized spacial score (nSPS) is 11.5. The fourth-order valence-corrected chi connectivity index (χ4v) is 0.734. The quantitative estimate of drug-likeness (QED) is 0.696. The molecular weight excluding hydrogens is 163 g/mol. The molecule has 1 aromatic rings. The molecule has 1 N–H and O–H groups in total. The molecule has 0 aliphatic heterocycles. The molecular formula is C9H12NaO2. The Kier molecular flexibility index (Phi) is 6.48. The first-order valence-electron chi connectivity index (χ1n) is 3.65. The summed E-state index contributed by atoms with van der Waals surface area (Å²) >= 11 is 0. The topological polar surface area (TPSA) is 29.5 Å². The van der Waals surface area contributed by atoms with Crippen molar-refractivity contribution < 1.29 is 9.84 Å². The van der Waals surface area contributed by atoms with Crippen LogP contribution in [0.4, 0.5) is 0 Å². The van der Waals surface area contributed by atoms with Gasteiger partial charge in [0.15, 0.2) is 0 Å². The molecule has 0 aliphatic carbocycles. The third-order valence-corrected chi connectivity index (χ3v) is 1.23. The van der Waals surface area contributed by atoms with Gasteiger partial charge in [0, 0.05) is 29.6 Å². The zero-order valence-electron chi connectivity index (χ0n) is 7.53. The van der Waals surface area contributed by atoms with Crippen LogP contribution in [0, 0.1) is 0 Å². The first kappa shape index (κ1) is 12.0. The fraction of sp³-hybridized carbons (Fsp3) is 0.333. The van der Waals surface area contributed by atoms with Gasteiger partial charge in [-0.3, -0.25) is 0 Å². The second-order valence-corrected chi connectivity index (χ2v) is 2.47. The maximum absolute atomic E-state index is 8.89. The molecule has 0 aromatic heterocycles. The van der Waals surface area contributed by atoms with E-state index >= 15 is 0 Å². The average Bonchev–Trinajstić information content (AvgIpc) is 2.03. The van der Waals surface area contributed by atoms with E-state index in [1.807, 2.05) is 30.3 Å². The molecule has 61 valence electrons. The van der Waals surface area contributed by atoms with Crippen molar-refractivity contribution in [3.8, 4) is 5.75 Å². The number of aliphatic hydroxyl groups excluding tert-OH is 1. The monoisotopic (exact) mass is 175 g/mol. The van der Waals surface area contributed by atoms with Crippen LogP contribution < -0.4 is 4.74 Å². The summed E-state index contributed by atoms with van der Waals surface area (Å²) in [6.45, 7) is 2.05. The van der Waals surface area contributed by atoms with Crippen molar-refractivity contribution >= 4 is 29.6 Å². The van der Waals surface area contributed by atoms with Gasteiger partial charge in [0.2, 0.25) is 0 Å². The van der Waals surface area contributed by atoms with Crippen molar-refractivity contribution in [3.63, 3.8) is 0 Å². The summed E-state index contributed by atoms with van der Waals surface area (Å²) < 4.78 is 5.22. The molecule has 0 fully saturated rings. The first-order valence-corrected chi connectivity index (χ1v) is 3.65. The minimum atomic E-state index is -0.407. The van der Waals surface area contributed by atoms with Crippen molar-refractivity contribution in [1.82, 2.24) is 0 Å². The van der Waals surface area contributed by atoms with Gasteiger partial charge >= 0.3 is 0 Å². The van der Waals surface area contributed by atoms with E-state index in [0.717, 1.165) is 5.75 Å². The second-order valence-electron chi connectivity index (χ2n) is 2.47. The molecule has 0 amide bonds. The number of hydrogen-bond acceptors (Lipinski definition) is 2.